The Morgan fingerprint density at radius 1 is 1.18 bits per heavy atom. The fourth-order valence-corrected chi connectivity index (χ4v) is 2.20. The van der Waals surface area contributed by atoms with Crippen LogP contribution in [0.1, 0.15) is 10.4 Å². The summed E-state index contributed by atoms with van der Waals surface area (Å²) in [7, 11) is 0. The SMILES string of the molecule is O=C(Nc1ccc(-c2cnco2)cc1)c1ccc(F)cc1Cl. The van der Waals surface area contributed by atoms with E-state index < -0.39 is 11.7 Å². The van der Waals surface area contributed by atoms with Crippen LogP contribution in [0.4, 0.5) is 10.1 Å². The Bertz CT molecular complexity index is 802. The number of nitrogens with zero attached hydrogens (tertiary/aromatic N) is 1. The summed E-state index contributed by atoms with van der Waals surface area (Å²) in [6, 6.07) is 10.7. The Balaban J connectivity index is 1.77. The van der Waals surface area contributed by atoms with Crippen molar-refractivity contribution in [2.45, 2.75) is 0 Å². The molecule has 3 aromatic rings. The highest BCUT2D eigenvalue weighted by Crippen LogP contribution is 2.22. The maximum absolute atomic E-state index is 13.0. The lowest BCUT2D eigenvalue weighted by molar-refractivity contribution is 0.102. The van der Waals surface area contributed by atoms with Gasteiger partial charge in [0.2, 0.25) is 0 Å². The van der Waals surface area contributed by atoms with Crippen LogP contribution >= 0.6 is 11.6 Å². The van der Waals surface area contributed by atoms with Crippen LogP contribution in [0.25, 0.3) is 11.3 Å². The number of nitrogens with one attached hydrogen (secondary N) is 1. The minimum atomic E-state index is -0.488. The number of amides is 1. The van der Waals surface area contributed by atoms with Gasteiger partial charge in [0.05, 0.1) is 16.8 Å². The number of hydrogen-bond acceptors (Lipinski definition) is 3. The second-order valence-electron chi connectivity index (χ2n) is 4.52. The molecule has 3 rings (SSSR count). The van der Waals surface area contributed by atoms with Crippen molar-refractivity contribution >= 4 is 23.2 Å². The molecule has 0 aliphatic carbocycles. The first-order valence-corrected chi connectivity index (χ1v) is 6.76. The normalized spacial score (nSPS) is 10.5. The van der Waals surface area contributed by atoms with Gasteiger partial charge in [0.25, 0.3) is 5.91 Å². The standard InChI is InChI=1S/C16H10ClFN2O2/c17-14-7-11(18)3-6-13(14)16(21)20-12-4-1-10(2-5-12)15-8-19-9-22-15/h1-9H,(H,20,21). The van der Waals surface area contributed by atoms with E-state index in [1.165, 1.54) is 18.5 Å². The first-order chi connectivity index (χ1) is 10.6. The highest BCUT2D eigenvalue weighted by Gasteiger charge is 2.11. The molecule has 1 N–H and O–H groups in total. The maximum atomic E-state index is 13.0. The predicted octanol–water partition coefficient (Wildman–Crippen LogP) is 4.39. The molecule has 1 aromatic heterocycles. The second-order valence-corrected chi connectivity index (χ2v) is 4.93. The van der Waals surface area contributed by atoms with Crippen LogP contribution < -0.4 is 5.32 Å². The minimum absolute atomic E-state index is 0.0655. The van der Waals surface area contributed by atoms with Gasteiger partial charge in [-0.2, -0.15) is 0 Å². The number of rotatable bonds is 3. The molecule has 4 nitrogen and oxygen atoms in total. The van der Waals surface area contributed by atoms with Crippen LogP contribution in [0.3, 0.4) is 0 Å². The second kappa shape index (κ2) is 5.99. The molecule has 1 heterocycles. The predicted molar refractivity (Wildman–Crippen MR) is 81.3 cm³/mol. The van der Waals surface area contributed by atoms with Gasteiger partial charge in [-0.15, -0.1) is 0 Å². The number of carbonyl (C=O) groups excluding carboxylic acids is 1. The molecule has 0 saturated heterocycles. The van der Waals surface area contributed by atoms with Gasteiger partial charge in [0.1, 0.15) is 5.82 Å². The Kier molecular flexibility index (Phi) is 3.89. The van der Waals surface area contributed by atoms with Crippen LogP contribution in [0, 0.1) is 5.82 Å². The first kappa shape index (κ1) is 14.3. The number of oxazole rings is 1. The van der Waals surface area contributed by atoms with Crippen molar-refractivity contribution in [2.24, 2.45) is 0 Å². The van der Waals surface area contributed by atoms with Crippen molar-refractivity contribution in [1.82, 2.24) is 4.98 Å². The number of aromatic nitrogens is 1. The molecular weight excluding hydrogens is 307 g/mol. The van der Waals surface area contributed by atoms with E-state index in [-0.39, 0.29) is 10.6 Å². The molecule has 0 radical (unpaired) electrons. The fraction of sp³-hybridized carbons (Fsp3) is 0. The molecule has 0 unspecified atom stereocenters. The highest BCUT2D eigenvalue weighted by atomic mass is 35.5. The first-order valence-electron chi connectivity index (χ1n) is 6.39. The lowest BCUT2D eigenvalue weighted by atomic mass is 10.1. The summed E-state index contributed by atoms with van der Waals surface area (Å²) >= 11 is 5.86. The molecule has 0 spiro atoms. The van der Waals surface area contributed by atoms with E-state index in [0.29, 0.717) is 11.4 Å². The zero-order chi connectivity index (χ0) is 15.5. The number of anilines is 1. The fourth-order valence-electron chi connectivity index (χ4n) is 1.95. The van der Waals surface area contributed by atoms with Crippen LogP contribution in [-0.2, 0) is 0 Å². The third-order valence-corrected chi connectivity index (χ3v) is 3.35. The van der Waals surface area contributed by atoms with Gasteiger partial charge in [-0.05, 0) is 42.5 Å². The summed E-state index contributed by atoms with van der Waals surface area (Å²) in [5.41, 5.74) is 1.64. The van der Waals surface area contributed by atoms with E-state index in [1.807, 2.05) is 0 Å². The van der Waals surface area contributed by atoms with Gasteiger partial charge in [-0.25, -0.2) is 9.37 Å². The average Bonchev–Trinajstić information content (AvgIpc) is 3.02. The largest absolute Gasteiger partial charge is 0.444 e. The van der Waals surface area contributed by atoms with Crippen molar-refractivity contribution in [3.8, 4) is 11.3 Å². The molecule has 0 bridgehead atoms. The Morgan fingerprint density at radius 2 is 1.95 bits per heavy atom. The Labute approximate surface area is 130 Å². The lowest BCUT2D eigenvalue weighted by Crippen LogP contribution is -2.12. The summed E-state index contributed by atoms with van der Waals surface area (Å²) < 4.78 is 18.2. The van der Waals surface area contributed by atoms with Gasteiger partial charge >= 0.3 is 0 Å². The van der Waals surface area contributed by atoms with Crippen LogP contribution in [-0.4, -0.2) is 10.9 Å². The molecule has 22 heavy (non-hydrogen) atoms. The van der Waals surface area contributed by atoms with E-state index in [4.69, 9.17) is 16.0 Å². The molecule has 110 valence electrons. The monoisotopic (exact) mass is 316 g/mol. The van der Waals surface area contributed by atoms with Gasteiger partial charge < -0.3 is 9.73 Å². The van der Waals surface area contributed by atoms with Crippen LogP contribution in [0.2, 0.25) is 5.02 Å². The third-order valence-electron chi connectivity index (χ3n) is 3.04. The number of halogens is 2. The van der Waals surface area contributed by atoms with E-state index in [9.17, 15) is 9.18 Å². The summed E-state index contributed by atoms with van der Waals surface area (Å²) in [4.78, 5) is 16.0. The van der Waals surface area contributed by atoms with Crippen molar-refractivity contribution in [2.75, 3.05) is 5.32 Å². The smallest absolute Gasteiger partial charge is 0.257 e. The van der Waals surface area contributed by atoms with Crippen molar-refractivity contribution in [3.63, 3.8) is 0 Å². The van der Waals surface area contributed by atoms with E-state index in [0.717, 1.165) is 11.6 Å². The van der Waals surface area contributed by atoms with Crippen LogP contribution in [0.5, 0.6) is 0 Å². The molecule has 6 heteroatoms. The molecule has 1 amide bonds. The topological polar surface area (TPSA) is 55.1 Å². The third kappa shape index (κ3) is 2.99. The lowest BCUT2D eigenvalue weighted by Gasteiger charge is -2.07. The molecule has 0 aliphatic rings. The van der Waals surface area contributed by atoms with Crippen LogP contribution in [0.15, 0.2) is 59.5 Å². The van der Waals surface area contributed by atoms with Crippen molar-refractivity contribution in [1.29, 1.82) is 0 Å². The molecule has 0 fully saturated rings. The number of carbonyl (C=O) groups is 1. The summed E-state index contributed by atoms with van der Waals surface area (Å²) in [5.74, 6) is -0.255. The zero-order valence-corrected chi connectivity index (χ0v) is 12.0. The van der Waals surface area contributed by atoms with Gasteiger partial charge in [0, 0.05) is 11.3 Å². The summed E-state index contributed by atoms with van der Waals surface area (Å²) in [6.45, 7) is 0. The molecule has 0 saturated carbocycles. The van der Waals surface area contributed by atoms with Gasteiger partial charge in [0.15, 0.2) is 12.2 Å². The highest BCUT2D eigenvalue weighted by molar-refractivity contribution is 6.34. The quantitative estimate of drug-likeness (QED) is 0.779. The Morgan fingerprint density at radius 3 is 2.59 bits per heavy atom. The van der Waals surface area contributed by atoms with E-state index >= 15 is 0 Å². The maximum Gasteiger partial charge on any atom is 0.257 e. The van der Waals surface area contributed by atoms with E-state index in [1.54, 1.807) is 30.5 Å². The van der Waals surface area contributed by atoms with Gasteiger partial charge in [-0.3, -0.25) is 4.79 Å². The number of benzene rings is 2. The molecule has 0 aliphatic heterocycles. The molecule has 2 aromatic carbocycles. The van der Waals surface area contributed by atoms with Gasteiger partial charge in [-0.1, -0.05) is 11.6 Å². The summed E-state index contributed by atoms with van der Waals surface area (Å²) in [5, 5.41) is 2.76. The van der Waals surface area contributed by atoms with E-state index in [2.05, 4.69) is 10.3 Å². The zero-order valence-electron chi connectivity index (χ0n) is 11.2. The Hall–Kier alpha value is -2.66. The average molecular weight is 317 g/mol. The molecular formula is C16H10ClFN2O2. The number of hydrogen-bond donors (Lipinski definition) is 1. The molecule has 0 atom stereocenters. The minimum Gasteiger partial charge on any atom is -0.444 e. The summed E-state index contributed by atoms with van der Waals surface area (Å²) in [6.07, 6.45) is 2.95. The van der Waals surface area contributed by atoms with Crippen molar-refractivity contribution in [3.05, 3.63) is 71.5 Å². The van der Waals surface area contributed by atoms with Crippen molar-refractivity contribution < 1.29 is 13.6 Å².